The zero-order valence-corrected chi connectivity index (χ0v) is 10.9. The van der Waals surface area contributed by atoms with Crippen molar-refractivity contribution in [2.75, 3.05) is 0 Å². The molecule has 104 valence electrons. The third-order valence-corrected chi connectivity index (χ3v) is 3.30. The minimum Gasteiger partial charge on any atom is -0.490 e. The predicted molar refractivity (Wildman–Crippen MR) is 73.5 cm³/mol. The van der Waals surface area contributed by atoms with Crippen LogP contribution in [0.25, 0.3) is 0 Å². The summed E-state index contributed by atoms with van der Waals surface area (Å²) in [5.74, 6) is 6.00. The van der Waals surface area contributed by atoms with Crippen LogP contribution in [0.15, 0.2) is 42.7 Å². The number of hydrazine groups is 1. The molecule has 1 saturated carbocycles. The van der Waals surface area contributed by atoms with Crippen LogP contribution in [0.1, 0.15) is 30.0 Å². The van der Waals surface area contributed by atoms with Gasteiger partial charge >= 0.3 is 0 Å². The molecule has 1 atom stereocenters. The van der Waals surface area contributed by atoms with Gasteiger partial charge in [-0.05, 0) is 36.6 Å². The van der Waals surface area contributed by atoms with Crippen molar-refractivity contribution in [3.8, 4) is 5.75 Å². The average molecular weight is 273 g/mol. The van der Waals surface area contributed by atoms with Crippen LogP contribution in [0.4, 0.5) is 4.39 Å². The Balaban J connectivity index is 1.90. The van der Waals surface area contributed by atoms with Crippen LogP contribution >= 0.6 is 0 Å². The van der Waals surface area contributed by atoms with E-state index in [0.29, 0.717) is 11.7 Å². The highest BCUT2D eigenvalue weighted by molar-refractivity contribution is 5.36. The summed E-state index contributed by atoms with van der Waals surface area (Å²) in [6.45, 7) is 0. The van der Waals surface area contributed by atoms with E-state index in [2.05, 4.69) is 10.4 Å². The molecule has 3 rings (SSSR count). The first-order valence-corrected chi connectivity index (χ1v) is 6.60. The first-order valence-electron chi connectivity index (χ1n) is 6.60. The van der Waals surface area contributed by atoms with Gasteiger partial charge < -0.3 is 4.74 Å². The number of hydrogen-bond acceptors (Lipinski definition) is 4. The van der Waals surface area contributed by atoms with Crippen LogP contribution in [-0.4, -0.2) is 11.1 Å². The second-order valence-corrected chi connectivity index (χ2v) is 4.89. The SMILES string of the molecule is NNC(c1cccc(OC2CC2)c1)c1ccncc1F. The van der Waals surface area contributed by atoms with Crippen molar-refractivity contribution in [3.63, 3.8) is 0 Å². The number of rotatable bonds is 5. The van der Waals surface area contributed by atoms with E-state index in [1.807, 2.05) is 24.3 Å². The minimum absolute atomic E-state index is 0.326. The average Bonchev–Trinajstić information content (AvgIpc) is 3.26. The van der Waals surface area contributed by atoms with E-state index in [1.54, 1.807) is 12.3 Å². The summed E-state index contributed by atoms with van der Waals surface area (Å²) in [5, 5.41) is 0. The molecule has 4 nitrogen and oxygen atoms in total. The van der Waals surface area contributed by atoms with E-state index in [1.165, 1.54) is 6.20 Å². The molecule has 0 saturated heterocycles. The zero-order chi connectivity index (χ0) is 13.9. The standard InChI is InChI=1S/C15H16FN3O/c16-14-9-18-7-6-13(14)15(19-17)10-2-1-3-12(8-10)20-11-4-5-11/h1-3,6-9,11,15,19H,4-5,17H2. The van der Waals surface area contributed by atoms with E-state index in [4.69, 9.17) is 10.6 Å². The van der Waals surface area contributed by atoms with Crippen LogP contribution in [0.5, 0.6) is 5.75 Å². The van der Waals surface area contributed by atoms with Crippen molar-refractivity contribution in [2.24, 2.45) is 5.84 Å². The normalized spacial score (nSPS) is 15.9. The van der Waals surface area contributed by atoms with Gasteiger partial charge in [-0.15, -0.1) is 0 Å². The largest absolute Gasteiger partial charge is 0.490 e. The fourth-order valence-electron chi connectivity index (χ4n) is 2.13. The number of ether oxygens (including phenoxy) is 1. The van der Waals surface area contributed by atoms with E-state index >= 15 is 0 Å². The molecule has 1 aliphatic carbocycles. The Morgan fingerprint density at radius 3 is 2.90 bits per heavy atom. The molecule has 1 heterocycles. The molecule has 5 heteroatoms. The van der Waals surface area contributed by atoms with E-state index < -0.39 is 6.04 Å². The molecule has 0 aliphatic heterocycles. The first kappa shape index (κ1) is 13.0. The van der Waals surface area contributed by atoms with Crippen LogP contribution in [0, 0.1) is 5.82 Å². The van der Waals surface area contributed by atoms with Gasteiger partial charge in [-0.2, -0.15) is 0 Å². The van der Waals surface area contributed by atoms with E-state index in [-0.39, 0.29) is 5.82 Å². The molecule has 1 aliphatic rings. The molecule has 0 radical (unpaired) electrons. The second-order valence-electron chi connectivity index (χ2n) is 4.89. The van der Waals surface area contributed by atoms with Gasteiger partial charge in [-0.3, -0.25) is 10.8 Å². The van der Waals surface area contributed by atoms with Crippen molar-refractivity contribution < 1.29 is 9.13 Å². The number of nitrogens with one attached hydrogen (secondary N) is 1. The Kier molecular flexibility index (Phi) is 3.62. The molecule has 0 bridgehead atoms. The van der Waals surface area contributed by atoms with Gasteiger partial charge in [0.1, 0.15) is 11.6 Å². The Hall–Kier alpha value is -1.98. The minimum atomic E-state index is -0.430. The first-order chi connectivity index (χ1) is 9.78. The van der Waals surface area contributed by atoms with Crippen molar-refractivity contribution in [3.05, 3.63) is 59.7 Å². The molecule has 1 fully saturated rings. The molecule has 3 N–H and O–H groups in total. The smallest absolute Gasteiger partial charge is 0.146 e. The Labute approximate surface area is 116 Å². The number of pyridine rings is 1. The van der Waals surface area contributed by atoms with Crippen LogP contribution in [-0.2, 0) is 0 Å². The van der Waals surface area contributed by atoms with Crippen LogP contribution in [0.2, 0.25) is 0 Å². The van der Waals surface area contributed by atoms with Crippen LogP contribution in [0.3, 0.4) is 0 Å². The predicted octanol–water partition coefficient (Wildman–Crippen LogP) is 2.31. The third kappa shape index (κ3) is 2.79. The van der Waals surface area contributed by atoms with Gasteiger partial charge in [-0.1, -0.05) is 12.1 Å². The maximum absolute atomic E-state index is 13.8. The fraction of sp³-hybridized carbons (Fsp3) is 0.267. The maximum Gasteiger partial charge on any atom is 0.146 e. The van der Waals surface area contributed by atoms with Crippen molar-refractivity contribution in [1.29, 1.82) is 0 Å². The quantitative estimate of drug-likeness (QED) is 0.648. The lowest BCUT2D eigenvalue weighted by molar-refractivity contribution is 0.302. The number of halogens is 1. The lowest BCUT2D eigenvalue weighted by Crippen LogP contribution is -2.29. The number of nitrogens with zero attached hydrogens (tertiary/aromatic N) is 1. The summed E-state index contributed by atoms with van der Waals surface area (Å²) in [4.78, 5) is 3.75. The second kappa shape index (κ2) is 5.56. The Bertz CT molecular complexity index is 601. The molecular formula is C15H16FN3O. The van der Waals surface area contributed by atoms with E-state index in [9.17, 15) is 4.39 Å². The van der Waals surface area contributed by atoms with Gasteiger partial charge in [0.25, 0.3) is 0 Å². The number of benzene rings is 1. The summed E-state index contributed by atoms with van der Waals surface area (Å²) in [7, 11) is 0. The third-order valence-electron chi connectivity index (χ3n) is 3.30. The Morgan fingerprint density at radius 2 is 2.20 bits per heavy atom. The van der Waals surface area contributed by atoms with Gasteiger partial charge in [0.2, 0.25) is 0 Å². The molecule has 2 aromatic rings. The van der Waals surface area contributed by atoms with Crippen LogP contribution < -0.4 is 16.0 Å². The lowest BCUT2D eigenvalue weighted by atomic mass is 10.00. The molecule has 1 aromatic carbocycles. The topological polar surface area (TPSA) is 60.2 Å². The molecule has 0 amide bonds. The van der Waals surface area contributed by atoms with E-state index in [0.717, 1.165) is 24.2 Å². The van der Waals surface area contributed by atoms with Gasteiger partial charge in [-0.25, -0.2) is 9.82 Å². The fourth-order valence-corrected chi connectivity index (χ4v) is 2.13. The van der Waals surface area contributed by atoms with Gasteiger partial charge in [0.15, 0.2) is 0 Å². The molecular weight excluding hydrogens is 257 g/mol. The maximum atomic E-state index is 13.8. The molecule has 0 spiro atoms. The summed E-state index contributed by atoms with van der Waals surface area (Å²) < 4.78 is 19.6. The van der Waals surface area contributed by atoms with Gasteiger partial charge in [0.05, 0.1) is 18.3 Å². The number of hydrogen-bond donors (Lipinski definition) is 2. The lowest BCUT2D eigenvalue weighted by Gasteiger charge is -2.18. The van der Waals surface area contributed by atoms with Crippen molar-refractivity contribution >= 4 is 0 Å². The number of nitrogens with two attached hydrogens (primary N) is 1. The summed E-state index contributed by atoms with van der Waals surface area (Å²) in [6.07, 6.45) is 5.26. The highest BCUT2D eigenvalue weighted by atomic mass is 19.1. The highest BCUT2D eigenvalue weighted by Gasteiger charge is 2.24. The highest BCUT2D eigenvalue weighted by Crippen LogP contribution is 2.30. The summed E-state index contributed by atoms with van der Waals surface area (Å²) in [6, 6.07) is 8.76. The zero-order valence-electron chi connectivity index (χ0n) is 10.9. The number of aromatic nitrogens is 1. The molecule has 1 unspecified atom stereocenters. The van der Waals surface area contributed by atoms with Crippen molar-refractivity contribution in [1.82, 2.24) is 10.4 Å². The Morgan fingerprint density at radius 1 is 1.35 bits per heavy atom. The molecule has 20 heavy (non-hydrogen) atoms. The van der Waals surface area contributed by atoms with Gasteiger partial charge in [0, 0.05) is 11.8 Å². The molecule has 1 aromatic heterocycles. The van der Waals surface area contributed by atoms with Crippen molar-refractivity contribution in [2.45, 2.75) is 25.0 Å². The summed E-state index contributed by atoms with van der Waals surface area (Å²) in [5.41, 5.74) is 3.97. The summed E-state index contributed by atoms with van der Waals surface area (Å²) >= 11 is 0. The monoisotopic (exact) mass is 273 g/mol.